The third kappa shape index (κ3) is 6.42. The third-order valence-electron chi connectivity index (χ3n) is 5.79. The number of halogens is 1. The molecule has 0 unspecified atom stereocenters. The Kier molecular flexibility index (Phi) is 8.19. The first-order valence-corrected chi connectivity index (χ1v) is 12.6. The largest absolute Gasteiger partial charge is 0.474 e. The highest BCUT2D eigenvalue weighted by molar-refractivity contribution is 7.75. The van der Waals surface area contributed by atoms with Gasteiger partial charge in [-0.2, -0.15) is 4.21 Å². The summed E-state index contributed by atoms with van der Waals surface area (Å²) in [6.07, 6.45) is 3.53. The third-order valence-corrected chi connectivity index (χ3v) is 6.75. The highest BCUT2D eigenvalue weighted by atomic mass is 35.5. The van der Waals surface area contributed by atoms with E-state index >= 15 is 0 Å². The second-order valence-electron chi connectivity index (χ2n) is 8.88. The second kappa shape index (κ2) is 11.1. The SMILES string of the molecule is Cc1c(Oc2ccc([C@H]3CO[S@@](=O)OC3)cc2Cl)ncnc1OC1CCN(CC(C)C)CC1. The van der Waals surface area contributed by atoms with Gasteiger partial charge in [-0.25, -0.2) is 9.97 Å². The van der Waals surface area contributed by atoms with Crippen molar-refractivity contribution in [3.8, 4) is 17.5 Å². The van der Waals surface area contributed by atoms with Crippen molar-refractivity contribution in [2.75, 3.05) is 32.8 Å². The molecule has 0 atom stereocenters. The van der Waals surface area contributed by atoms with E-state index in [-0.39, 0.29) is 12.0 Å². The fourth-order valence-corrected chi connectivity index (χ4v) is 4.88. The van der Waals surface area contributed by atoms with Crippen molar-refractivity contribution in [1.82, 2.24) is 14.9 Å². The Balaban J connectivity index is 1.39. The van der Waals surface area contributed by atoms with Crippen LogP contribution < -0.4 is 9.47 Å². The number of likely N-dealkylation sites (tertiary alicyclic amines) is 1. The van der Waals surface area contributed by atoms with Crippen molar-refractivity contribution in [2.45, 2.75) is 45.6 Å². The maximum atomic E-state index is 11.2. The predicted molar refractivity (Wildman–Crippen MR) is 126 cm³/mol. The minimum absolute atomic E-state index is 0.0398. The molecule has 3 heterocycles. The first kappa shape index (κ1) is 24.3. The summed E-state index contributed by atoms with van der Waals surface area (Å²) in [4.78, 5) is 11.1. The Bertz CT molecular complexity index is 975. The van der Waals surface area contributed by atoms with Crippen LogP contribution in [0.5, 0.6) is 17.5 Å². The summed E-state index contributed by atoms with van der Waals surface area (Å²) < 4.78 is 33.6. The van der Waals surface area contributed by atoms with E-state index in [1.807, 2.05) is 13.0 Å². The summed E-state index contributed by atoms with van der Waals surface area (Å²) in [7, 11) is 0. The summed E-state index contributed by atoms with van der Waals surface area (Å²) in [5.41, 5.74) is 1.66. The Labute approximate surface area is 202 Å². The maximum Gasteiger partial charge on any atom is 0.304 e. The maximum absolute atomic E-state index is 11.2. The van der Waals surface area contributed by atoms with Crippen LogP contribution in [0.2, 0.25) is 5.02 Å². The van der Waals surface area contributed by atoms with E-state index in [0.717, 1.165) is 43.6 Å². The lowest BCUT2D eigenvalue weighted by atomic mass is 10.0. The van der Waals surface area contributed by atoms with Crippen LogP contribution in [0, 0.1) is 12.8 Å². The van der Waals surface area contributed by atoms with E-state index in [9.17, 15) is 4.21 Å². The molecule has 2 fully saturated rings. The van der Waals surface area contributed by atoms with Crippen molar-refractivity contribution in [3.63, 3.8) is 0 Å². The quantitative estimate of drug-likeness (QED) is 0.557. The van der Waals surface area contributed by atoms with Gasteiger partial charge in [0.1, 0.15) is 18.2 Å². The van der Waals surface area contributed by atoms with Gasteiger partial charge in [0.2, 0.25) is 11.8 Å². The molecule has 8 nitrogen and oxygen atoms in total. The molecule has 0 N–H and O–H groups in total. The number of benzene rings is 1. The van der Waals surface area contributed by atoms with Gasteiger partial charge >= 0.3 is 11.4 Å². The summed E-state index contributed by atoms with van der Waals surface area (Å²) in [6, 6.07) is 5.49. The lowest BCUT2D eigenvalue weighted by molar-refractivity contribution is 0.0897. The fourth-order valence-electron chi connectivity index (χ4n) is 4.03. The summed E-state index contributed by atoms with van der Waals surface area (Å²) >= 11 is 4.81. The number of rotatable bonds is 7. The van der Waals surface area contributed by atoms with Crippen molar-refractivity contribution in [2.24, 2.45) is 5.92 Å². The second-order valence-corrected chi connectivity index (χ2v) is 10.2. The lowest BCUT2D eigenvalue weighted by Gasteiger charge is -2.33. The van der Waals surface area contributed by atoms with Crippen LogP contribution in [0.25, 0.3) is 0 Å². The van der Waals surface area contributed by atoms with Crippen LogP contribution in [0.15, 0.2) is 24.5 Å². The van der Waals surface area contributed by atoms with E-state index in [1.54, 1.807) is 12.1 Å². The minimum atomic E-state index is -1.67. The predicted octanol–water partition coefficient (Wildman–Crippen LogP) is 4.44. The average Bonchev–Trinajstić information content (AvgIpc) is 2.79. The Hall–Kier alpha value is -1.78. The van der Waals surface area contributed by atoms with Gasteiger partial charge in [-0.1, -0.05) is 31.5 Å². The molecule has 0 radical (unpaired) electrons. The zero-order valence-electron chi connectivity index (χ0n) is 19.2. The van der Waals surface area contributed by atoms with E-state index in [0.29, 0.717) is 41.7 Å². The van der Waals surface area contributed by atoms with Crippen molar-refractivity contribution in [1.29, 1.82) is 0 Å². The van der Waals surface area contributed by atoms with Gasteiger partial charge in [0.25, 0.3) is 0 Å². The molecule has 2 aromatic rings. The first-order chi connectivity index (χ1) is 15.9. The number of nitrogens with zero attached hydrogens (tertiary/aromatic N) is 3. The molecule has 33 heavy (non-hydrogen) atoms. The molecule has 0 aliphatic carbocycles. The summed E-state index contributed by atoms with van der Waals surface area (Å²) in [5, 5.41) is 0.442. The average molecular weight is 496 g/mol. The highest BCUT2D eigenvalue weighted by Gasteiger charge is 2.24. The first-order valence-electron chi connectivity index (χ1n) is 11.2. The lowest BCUT2D eigenvalue weighted by Crippen LogP contribution is -2.40. The van der Waals surface area contributed by atoms with Crippen molar-refractivity contribution in [3.05, 3.63) is 40.7 Å². The molecule has 180 valence electrons. The molecule has 2 aliphatic rings. The number of hydrogen-bond acceptors (Lipinski definition) is 8. The van der Waals surface area contributed by atoms with Gasteiger partial charge in [0.05, 0.1) is 23.8 Å². The van der Waals surface area contributed by atoms with E-state index in [2.05, 4.69) is 28.7 Å². The minimum Gasteiger partial charge on any atom is -0.474 e. The molecular weight excluding hydrogens is 466 g/mol. The Morgan fingerprint density at radius 3 is 2.55 bits per heavy atom. The smallest absolute Gasteiger partial charge is 0.304 e. The zero-order chi connectivity index (χ0) is 23.4. The number of hydrogen-bond donors (Lipinski definition) is 0. The van der Waals surface area contributed by atoms with E-state index in [4.69, 9.17) is 29.4 Å². The number of ether oxygens (including phenoxy) is 2. The fraction of sp³-hybridized carbons (Fsp3) is 0.565. The van der Waals surface area contributed by atoms with Gasteiger partial charge < -0.3 is 14.4 Å². The van der Waals surface area contributed by atoms with Gasteiger partial charge in [-0.05, 0) is 43.4 Å². The normalized spacial score (nSPS) is 22.5. The van der Waals surface area contributed by atoms with Crippen molar-refractivity contribution >= 4 is 23.0 Å². The van der Waals surface area contributed by atoms with Crippen molar-refractivity contribution < 1.29 is 22.0 Å². The van der Waals surface area contributed by atoms with Crippen LogP contribution in [0.3, 0.4) is 0 Å². The van der Waals surface area contributed by atoms with Crippen LogP contribution in [0.4, 0.5) is 0 Å². The van der Waals surface area contributed by atoms with Gasteiger partial charge in [-0.3, -0.25) is 8.37 Å². The van der Waals surface area contributed by atoms with Gasteiger partial charge in [0.15, 0.2) is 0 Å². The molecule has 1 aromatic heterocycles. The van der Waals surface area contributed by atoms with Crippen LogP contribution in [-0.4, -0.2) is 58.0 Å². The standard InChI is InChI=1S/C23H30ClN3O5S/c1-15(2)11-27-8-6-19(7-9-27)31-22-16(3)23(26-14-25-22)32-21-5-4-17(10-20(21)24)18-12-29-33(28)30-13-18/h4-5,10,14-15,18-19H,6-9,11-13H2,1-3H3/t18-,33+. The summed E-state index contributed by atoms with van der Waals surface area (Å²) in [6.45, 7) is 10.2. The molecule has 0 saturated carbocycles. The number of aromatic nitrogens is 2. The highest BCUT2D eigenvalue weighted by Crippen LogP contribution is 2.35. The number of piperidine rings is 1. The topological polar surface area (TPSA) is 83.0 Å². The molecule has 2 saturated heterocycles. The Morgan fingerprint density at radius 2 is 1.88 bits per heavy atom. The Morgan fingerprint density at radius 1 is 1.18 bits per heavy atom. The van der Waals surface area contributed by atoms with E-state index < -0.39 is 11.4 Å². The monoisotopic (exact) mass is 495 g/mol. The molecule has 4 rings (SSSR count). The molecule has 0 bridgehead atoms. The molecule has 2 aliphatic heterocycles. The molecule has 10 heteroatoms. The van der Waals surface area contributed by atoms with Crippen LogP contribution in [0.1, 0.15) is 43.7 Å². The molecular formula is C23H30ClN3O5S. The van der Waals surface area contributed by atoms with Crippen LogP contribution >= 0.6 is 11.6 Å². The molecule has 1 aromatic carbocycles. The molecule has 0 spiro atoms. The van der Waals surface area contributed by atoms with Gasteiger partial charge in [-0.15, -0.1) is 0 Å². The van der Waals surface area contributed by atoms with Crippen LogP contribution in [-0.2, 0) is 19.7 Å². The molecule has 0 amide bonds. The van der Waals surface area contributed by atoms with E-state index in [1.165, 1.54) is 6.33 Å². The summed E-state index contributed by atoms with van der Waals surface area (Å²) in [5.74, 6) is 2.06. The zero-order valence-corrected chi connectivity index (χ0v) is 20.7. The van der Waals surface area contributed by atoms with Gasteiger partial charge in [0, 0.05) is 25.6 Å².